The molecule has 1 saturated carbocycles. The van der Waals surface area contributed by atoms with E-state index in [0.717, 1.165) is 25.3 Å². The van der Waals surface area contributed by atoms with E-state index in [1.54, 1.807) is 0 Å². The van der Waals surface area contributed by atoms with Crippen molar-refractivity contribution in [3.63, 3.8) is 0 Å². The Labute approximate surface area is 109 Å². The molecule has 1 N–H and O–H groups in total. The van der Waals surface area contributed by atoms with Gasteiger partial charge in [0.2, 0.25) is 0 Å². The number of nitrogens with one attached hydrogen (secondary N) is 1. The summed E-state index contributed by atoms with van der Waals surface area (Å²) in [6, 6.07) is 2.33. The van der Waals surface area contributed by atoms with Gasteiger partial charge in [-0.2, -0.15) is 13.2 Å². The topological polar surface area (TPSA) is 24.9 Å². The van der Waals surface area contributed by atoms with E-state index in [-0.39, 0.29) is 11.2 Å². The average molecular weight is 279 g/mol. The van der Waals surface area contributed by atoms with E-state index < -0.39 is 11.7 Å². The Kier molecular flexibility index (Phi) is 4.00. The summed E-state index contributed by atoms with van der Waals surface area (Å²) in [5, 5.41) is 2.95. The molecular formula is C12H14ClF3N2. The quantitative estimate of drug-likeness (QED) is 0.848. The van der Waals surface area contributed by atoms with Gasteiger partial charge in [0.25, 0.3) is 0 Å². The average Bonchev–Trinajstić information content (AvgIpc) is 2.72. The summed E-state index contributed by atoms with van der Waals surface area (Å²) in [5.41, 5.74) is -0.717. The van der Waals surface area contributed by atoms with Gasteiger partial charge in [0, 0.05) is 18.1 Å². The molecule has 2 atom stereocenters. The van der Waals surface area contributed by atoms with Gasteiger partial charge >= 0.3 is 6.18 Å². The highest BCUT2D eigenvalue weighted by Crippen LogP contribution is 2.34. The molecule has 0 spiro atoms. The number of hydrogen-bond acceptors (Lipinski definition) is 2. The molecule has 1 fully saturated rings. The molecule has 0 radical (unpaired) electrons. The number of anilines is 1. The normalized spacial score (nSPS) is 24.2. The van der Waals surface area contributed by atoms with E-state index in [9.17, 15) is 13.2 Å². The van der Waals surface area contributed by atoms with Crippen molar-refractivity contribution in [1.82, 2.24) is 4.98 Å². The number of nitrogens with zero attached hydrogens (tertiary/aromatic N) is 1. The van der Waals surface area contributed by atoms with Gasteiger partial charge in [-0.1, -0.05) is 0 Å². The fourth-order valence-electron chi connectivity index (χ4n) is 2.22. The minimum Gasteiger partial charge on any atom is -0.369 e. The second kappa shape index (κ2) is 5.34. The molecular weight excluding hydrogens is 265 g/mol. The largest absolute Gasteiger partial charge is 0.419 e. The lowest BCUT2D eigenvalue weighted by Gasteiger charge is -2.15. The molecule has 0 bridgehead atoms. The standard InChI is InChI=1S/C12H14ClF3N2/c13-9-4-3-8(6-9)7-18-11-10(12(14,15)16)2-1-5-17-11/h1-2,5,8-9H,3-4,6-7H2,(H,17,18). The van der Waals surface area contributed by atoms with Crippen molar-refractivity contribution in [2.75, 3.05) is 11.9 Å². The lowest BCUT2D eigenvalue weighted by Crippen LogP contribution is -2.17. The minimum absolute atomic E-state index is 0.0944. The number of rotatable bonds is 3. The summed E-state index contributed by atoms with van der Waals surface area (Å²) in [5.74, 6) is 0.235. The molecule has 6 heteroatoms. The van der Waals surface area contributed by atoms with Gasteiger partial charge in [-0.05, 0) is 37.3 Å². The SMILES string of the molecule is FC(F)(F)c1cccnc1NCC1CCC(Cl)C1. The summed E-state index contributed by atoms with van der Waals surface area (Å²) in [4.78, 5) is 3.76. The molecule has 1 heterocycles. The Morgan fingerprint density at radius 2 is 2.17 bits per heavy atom. The van der Waals surface area contributed by atoms with E-state index in [2.05, 4.69) is 10.3 Å². The van der Waals surface area contributed by atoms with E-state index in [1.807, 2.05) is 0 Å². The maximum atomic E-state index is 12.7. The van der Waals surface area contributed by atoms with Crippen LogP contribution < -0.4 is 5.32 Å². The van der Waals surface area contributed by atoms with Gasteiger partial charge in [-0.3, -0.25) is 0 Å². The highest BCUT2D eigenvalue weighted by molar-refractivity contribution is 6.20. The number of pyridine rings is 1. The lowest BCUT2D eigenvalue weighted by atomic mass is 10.1. The number of hydrogen-bond donors (Lipinski definition) is 1. The Morgan fingerprint density at radius 3 is 2.78 bits per heavy atom. The summed E-state index contributed by atoms with van der Waals surface area (Å²) in [7, 11) is 0. The summed E-state index contributed by atoms with van der Waals surface area (Å²) < 4.78 is 38.1. The minimum atomic E-state index is -4.37. The molecule has 2 nitrogen and oxygen atoms in total. The van der Waals surface area contributed by atoms with E-state index in [0.29, 0.717) is 12.5 Å². The van der Waals surface area contributed by atoms with Gasteiger partial charge in [-0.25, -0.2) is 4.98 Å². The molecule has 1 aromatic rings. The Hall–Kier alpha value is -0.970. The van der Waals surface area contributed by atoms with Crippen LogP contribution >= 0.6 is 11.6 Å². The van der Waals surface area contributed by atoms with Crippen molar-refractivity contribution in [2.45, 2.75) is 30.8 Å². The number of alkyl halides is 4. The molecule has 0 aliphatic heterocycles. The van der Waals surface area contributed by atoms with E-state index in [4.69, 9.17) is 11.6 Å². The molecule has 2 unspecified atom stereocenters. The van der Waals surface area contributed by atoms with Crippen LogP contribution in [0.4, 0.5) is 19.0 Å². The Bertz CT molecular complexity index is 409. The first-order chi connectivity index (χ1) is 8.47. The fourth-order valence-corrected chi connectivity index (χ4v) is 2.59. The zero-order valence-corrected chi connectivity index (χ0v) is 10.4. The van der Waals surface area contributed by atoms with Crippen molar-refractivity contribution >= 4 is 17.4 Å². The van der Waals surface area contributed by atoms with Crippen LogP contribution in [0.15, 0.2) is 18.3 Å². The van der Waals surface area contributed by atoms with Crippen LogP contribution in [0.25, 0.3) is 0 Å². The molecule has 18 heavy (non-hydrogen) atoms. The third kappa shape index (κ3) is 3.28. The highest BCUT2D eigenvalue weighted by atomic mass is 35.5. The molecule has 0 aromatic carbocycles. The van der Waals surface area contributed by atoms with Gasteiger partial charge in [0.1, 0.15) is 5.82 Å². The smallest absolute Gasteiger partial charge is 0.369 e. The predicted octanol–water partition coefficient (Wildman–Crippen LogP) is 3.92. The van der Waals surface area contributed by atoms with Gasteiger partial charge < -0.3 is 5.32 Å². The van der Waals surface area contributed by atoms with Gasteiger partial charge in [0.15, 0.2) is 0 Å². The van der Waals surface area contributed by atoms with Crippen LogP contribution in [0.2, 0.25) is 0 Å². The van der Waals surface area contributed by atoms with Crippen LogP contribution in [0.1, 0.15) is 24.8 Å². The third-order valence-corrected chi connectivity index (χ3v) is 3.54. The number of halogens is 4. The molecule has 1 aliphatic rings. The lowest BCUT2D eigenvalue weighted by molar-refractivity contribution is -0.137. The predicted molar refractivity (Wildman–Crippen MR) is 64.7 cm³/mol. The van der Waals surface area contributed by atoms with Crippen molar-refractivity contribution in [3.05, 3.63) is 23.9 Å². The molecule has 0 saturated heterocycles. The highest BCUT2D eigenvalue weighted by Gasteiger charge is 2.34. The first kappa shape index (κ1) is 13.5. The van der Waals surface area contributed by atoms with E-state index in [1.165, 1.54) is 12.3 Å². The zero-order chi connectivity index (χ0) is 13.2. The molecule has 2 rings (SSSR count). The van der Waals surface area contributed by atoms with Crippen molar-refractivity contribution in [1.29, 1.82) is 0 Å². The molecule has 1 aromatic heterocycles. The maximum Gasteiger partial charge on any atom is 0.419 e. The molecule has 100 valence electrons. The first-order valence-electron chi connectivity index (χ1n) is 5.87. The second-order valence-corrected chi connectivity index (χ2v) is 5.17. The van der Waals surface area contributed by atoms with Crippen molar-refractivity contribution in [3.8, 4) is 0 Å². The third-order valence-electron chi connectivity index (χ3n) is 3.15. The van der Waals surface area contributed by atoms with Crippen LogP contribution in [-0.2, 0) is 6.18 Å². The van der Waals surface area contributed by atoms with Crippen LogP contribution in [-0.4, -0.2) is 16.9 Å². The van der Waals surface area contributed by atoms with Crippen LogP contribution in [0.5, 0.6) is 0 Å². The zero-order valence-electron chi connectivity index (χ0n) is 9.67. The molecule has 0 amide bonds. The summed E-state index contributed by atoms with van der Waals surface area (Å²) >= 11 is 5.97. The van der Waals surface area contributed by atoms with Crippen LogP contribution in [0.3, 0.4) is 0 Å². The van der Waals surface area contributed by atoms with E-state index >= 15 is 0 Å². The van der Waals surface area contributed by atoms with Gasteiger partial charge in [0.05, 0.1) is 5.56 Å². The van der Waals surface area contributed by atoms with Crippen molar-refractivity contribution < 1.29 is 13.2 Å². The fraction of sp³-hybridized carbons (Fsp3) is 0.583. The van der Waals surface area contributed by atoms with Crippen molar-refractivity contribution in [2.24, 2.45) is 5.92 Å². The monoisotopic (exact) mass is 278 g/mol. The molecule has 1 aliphatic carbocycles. The Balaban J connectivity index is 2.01. The number of aromatic nitrogens is 1. The second-order valence-electron chi connectivity index (χ2n) is 4.55. The maximum absolute atomic E-state index is 12.7. The first-order valence-corrected chi connectivity index (χ1v) is 6.30. The summed E-state index contributed by atoms with van der Waals surface area (Å²) in [6.45, 7) is 0.489. The van der Waals surface area contributed by atoms with Crippen LogP contribution in [0, 0.1) is 5.92 Å². The van der Waals surface area contributed by atoms with Gasteiger partial charge in [-0.15, -0.1) is 11.6 Å². The Morgan fingerprint density at radius 1 is 1.39 bits per heavy atom. The summed E-state index contributed by atoms with van der Waals surface area (Å²) in [6.07, 6.45) is -0.280.